The number of pyridine rings is 1. The van der Waals surface area contributed by atoms with Gasteiger partial charge in [-0.3, -0.25) is 4.79 Å². The summed E-state index contributed by atoms with van der Waals surface area (Å²) in [5.41, 5.74) is 2.70. The van der Waals surface area contributed by atoms with Gasteiger partial charge < -0.3 is 9.72 Å². The van der Waals surface area contributed by atoms with Crippen LogP contribution in [-0.4, -0.2) is 12.1 Å². The SMILES string of the molecule is CCCc1ccc(OC)c2[nH]c(C)c(Br)c(=O)c12. The van der Waals surface area contributed by atoms with Gasteiger partial charge >= 0.3 is 0 Å². The Bertz CT molecular complexity index is 646. The van der Waals surface area contributed by atoms with Crippen LogP contribution in [0.2, 0.25) is 0 Å². The molecule has 0 fully saturated rings. The molecule has 0 amide bonds. The van der Waals surface area contributed by atoms with Crippen LogP contribution in [0.5, 0.6) is 5.75 Å². The van der Waals surface area contributed by atoms with Crippen LogP contribution >= 0.6 is 15.9 Å². The largest absolute Gasteiger partial charge is 0.495 e. The van der Waals surface area contributed by atoms with Gasteiger partial charge in [0.25, 0.3) is 0 Å². The molecule has 1 aromatic carbocycles. The number of H-pyrrole nitrogens is 1. The van der Waals surface area contributed by atoms with Crippen molar-refractivity contribution in [2.45, 2.75) is 26.7 Å². The zero-order valence-corrected chi connectivity index (χ0v) is 12.3. The van der Waals surface area contributed by atoms with Gasteiger partial charge in [0.05, 0.1) is 22.5 Å². The Balaban J connectivity index is 2.92. The Labute approximate surface area is 114 Å². The summed E-state index contributed by atoms with van der Waals surface area (Å²) in [6.07, 6.45) is 1.89. The minimum absolute atomic E-state index is 0.0311. The monoisotopic (exact) mass is 309 g/mol. The summed E-state index contributed by atoms with van der Waals surface area (Å²) in [4.78, 5) is 15.6. The van der Waals surface area contributed by atoms with Crippen LogP contribution in [0.25, 0.3) is 10.9 Å². The number of aryl methyl sites for hydroxylation is 2. The van der Waals surface area contributed by atoms with E-state index >= 15 is 0 Å². The average molecular weight is 310 g/mol. The van der Waals surface area contributed by atoms with E-state index in [0.717, 1.165) is 35.0 Å². The van der Waals surface area contributed by atoms with E-state index in [9.17, 15) is 4.79 Å². The minimum Gasteiger partial charge on any atom is -0.495 e. The maximum absolute atomic E-state index is 12.4. The first-order valence-electron chi connectivity index (χ1n) is 5.98. The predicted octanol–water partition coefficient (Wildman–Crippen LogP) is 3.56. The van der Waals surface area contributed by atoms with Crippen molar-refractivity contribution in [2.75, 3.05) is 7.11 Å². The Hall–Kier alpha value is -1.29. The van der Waals surface area contributed by atoms with Crippen molar-refractivity contribution < 1.29 is 4.74 Å². The number of rotatable bonds is 3. The molecule has 96 valence electrons. The summed E-state index contributed by atoms with van der Waals surface area (Å²) < 4.78 is 5.92. The van der Waals surface area contributed by atoms with E-state index in [-0.39, 0.29) is 5.43 Å². The molecule has 0 aliphatic carbocycles. The molecule has 0 aliphatic heterocycles. The van der Waals surface area contributed by atoms with Gasteiger partial charge in [-0.2, -0.15) is 0 Å². The molecule has 4 heteroatoms. The second-order valence-electron chi connectivity index (χ2n) is 4.32. The fourth-order valence-corrected chi connectivity index (χ4v) is 2.48. The molecule has 1 aromatic heterocycles. The van der Waals surface area contributed by atoms with Gasteiger partial charge in [-0.1, -0.05) is 19.4 Å². The molecule has 18 heavy (non-hydrogen) atoms. The molecule has 0 radical (unpaired) electrons. The molecule has 3 nitrogen and oxygen atoms in total. The van der Waals surface area contributed by atoms with E-state index in [2.05, 4.69) is 27.8 Å². The van der Waals surface area contributed by atoms with Gasteiger partial charge in [0, 0.05) is 5.69 Å². The van der Waals surface area contributed by atoms with Crippen LogP contribution in [0.3, 0.4) is 0 Å². The maximum Gasteiger partial charge on any atom is 0.204 e. The summed E-state index contributed by atoms with van der Waals surface area (Å²) in [5.74, 6) is 0.706. The number of aromatic nitrogens is 1. The topological polar surface area (TPSA) is 42.1 Å². The number of benzene rings is 1. The van der Waals surface area contributed by atoms with Gasteiger partial charge in [-0.25, -0.2) is 0 Å². The molecule has 1 heterocycles. The third kappa shape index (κ3) is 2.05. The zero-order chi connectivity index (χ0) is 13.3. The molecular formula is C14H16BrNO2. The number of hydrogen-bond donors (Lipinski definition) is 1. The van der Waals surface area contributed by atoms with Crippen LogP contribution in [0, 0.1) is 6.92 Å². The van der Waals surface area contributed by atoms with Crippen LogP contribution in [-0.2, 0) is 6.42 Å². The number of ether oxygens (including phenoxy) is 1. The highest BCUT2D eigenvalue weighted by molar-refractivity contribution is 9.10. The van der Waals surface area contributed by atoms with Gasteiger partial charge in [-0.05, 0) is 40.9 Å². The lowest BCUT2D eigenvalue weighted by molar-refractivity contribution is 0.418. The van der Waals surface area contributed by atoms with Crippen molar-refractivity contribution in [3.05, 3.63) is 38.1 Å². The van der Waals surface area contributed by atoms with Crippen molar-refractivity contribution in [3.8, 4) is 5.75 Å². The first-order chi connectivity index (χ1) is 8.60. The standard InChI is InChI=1S/C14H16BrNO2/c1-4-5-9-6-7-10(18-3)13-11(9)14(17)12(15)8(2)16-13/h6-7H,4-5H2,1-3H3,(H,16,17). The highest BCUT2D eigenvalue weighted by Gasteiger charge is 2.13. The third-order valence-electron chi connectivity index (χ3n) is 3.06. The lowest BCUT2D eigenvalue weighted by Crippen LogP contribution is -2.10. The zero-order valence-electron chi connectivity index (χ0n) is 10.8. The third-order valence-corrected chi connectivity index (χ3v) is 4.02. The first kappa shape index (κ1) is 13.1. The van der Waals surface area contributed by atoms with Gasteiger partial charge in [0.15, 0.2) is 0 Å². The summed E-state index contributed by atoms with van der Waals surface area (Å²) in [5, 5.41) is 0.730. The van der Waals surface area contributed by atoms with Gasteiger partial charge in [0.2, 0.25) is 5.43 Å². The second kappa shape index (κ2) is 5.14. The van der Waals surface area contributed by atoms with E-state index in [4.69, 9.17) is 4.74 Å². The summed E-state index contributed by atoms with van der Waals surface area (Å²) in [6.45, 7) is 3.98. The van der Waals surface area contributed by atoms with Crippen LogP contribution in [0.1, 0.15) is 24.6 Å². The highest BCUT2D eigenvalue weighted by atomic mass is 79.9. The Morgan fingerprint density at radius 1 is 1.39 bits per heavy atom. The maximum atomic E-state index is 12.4. The quantitative estimate of drug-likeness (QED) is 0.942. The lowest BCUT2D eigenvalue weighted by Gasteiger charge is -2.11. The van der Waals surface area contributed by atoms with E-state index in [0.29, 0.717) is 10.2 Å². The molecular weight excluding hydrogens is 294 g/mol. The van der Waals surface area contributed by atoms with Crippen molar-refractivity contribution in [3.63, 3.8) is 0 Å². The number of nitrogens with one attached hydrogen (secondary N) is 1. The van der Waals surface area contributed by atoms with Gasteiger partial charge in [0.1, 0.15) is 5.75 Å². The van der Waals surface area contributed by atoms with Crippen LogP contribution < -0.4 is 10.2 Å². The second-order valence-corrected chi connectivity index (χ2v) is 5.11. The number of hydrogen-bond acceptors (Lipinski definition) is 2. The van der Waals surface area contributed by atoms with Crippen LogP contribution in [0.4, 0.5) is 0 Å². The Morgan fingerprint density at radius 3 is 2.72 bits per heavy atom. The summed E-state index contributed by atoms with van der Waals surface area (Å²) in [6, 6.07) is 3.89. The highest BCUT2D eigenvalue weighted by Crippen LogP contribution is 2.27. The number of halogens is 1. The van der Waals surface area contributed by atoms with Crippen molar-refractivity contribution in [1.82, 2.24) is 4.98 Å². The number of methoxy groups -OCH3 is 1. The van der Waals surface area contributed by atoms with E-state index in [1.165, 1.54) is 0 Å². The number of fused-ring (bicyclic) bond motifs is 1. The first-order valence-corrected chi connectivity index (χ1v) is 6.77. The van der Waals surface area contributed by atoms with Crippen molar-refractivity contribution in [1.29, 1.82) is 0 Å². The fourth-order valence-electron chi connectivity index (χ4n) is 2.18. The Kier molecular flexibility index (Phi) is 3.76. The molecule has 0 spiro atoms. The fraction of sp³-hybridized carbons (Fsp3) is 0.357. The molecule has 2 rings (SSSR count). The van der Waals surface area contributed by atoms with Crippen molar-refractivity contribution >= 4 is 26.8 Å². The lowest BCUT2D eigenvalue weighted by atomic mass is 10.0. The summed E-state index contributed by atoms with van der Waals surface area (Å²) in [7, 11) is 1.62. The molecule has 0 bridgehead atoms. The molecule has 0 aliphatic rings. The molecule has 0 atom stereocenters. The Morgan fingerprint density at radius 2 is 2.11 bits per heavy atom. The molecule has 0 unspecified atom stereocenters. The van der Waals surface area contributed by atoms with E-state index < -0.39 is 0 Å². The molecule has 0 saturated heterocycles. The normalized spacial score (nSPS) is 10.9. The van der Waals surface area contributed by atoms with E-state index in [1.807, 2.05) is 19.1 Å². The average Bonchev–Trinajstić information content (AvgIpc) is 2.36. The van der Waals surface area contributed by atoms with Gasteiger partial charge in [-0.15, -0.1) is 0 Å². The van der Waals surface area contributed by atoms with E-state index in [1.54, 1.807) is 7.11 Å². The smallest absolute Gasteiger partial charge is 0.204 e. The summed E-state index contributed by atoms with van der Waals surface area (Å²) >= 11 is 3.35. The molecule has 0 saturated carbocycles. The molecule has 1 N–H and O–H groups in total. The minimum atomic E-state index is 0.0311. The van der Waals surface area contributed by atoms with Crippen LogP contribution in [0.15, 0.2) is 21.4 Å². The van der Waals surface area contributed by atoms with Crippen molar-refractivity contribution in [2.24, 2.45) is 0 Å². The number of aromatic amines is 1. The predicted molar refractivity (Wildman–Crippen MR) is 77.6 cm³/mol. The molecule has 2 aromatic rings.